The highest BCUT2D eigenvalue weighted by molar-refractivity contribution is 5.38. The fraction of sp³-hybridized carbons (Fsp3) is 0.647. The molecule has 2 nitrogen and oxygen atoms in total. The van der Waals surface area contributed by atoms with E-state index >= 15 is 0 Å². The van der Waals surface area contributed by atoms with Crippen LogP contribution in [0.15, 0.2) is 18.2 Å². The quantitative estimate of drug-likeness (QED) is 0.842. The summed E-state index contributed by atoms with van der Waals surface area (Å²) in [4.78, 5) is 0. The van der Waals surface area contributed by atoms with Crippen molar-refractivity contribution < 1.29 is 4.74 Å². The number of fused-ring (bicyclic) bond motifs is 1. The van der Waals surface area contributed by atoms with Gasteiger partial charge in [-0.15, -0.1) is 0 Å². The van der Waals surface area contributed by atoms with E-state index in [2.05, 4.69) is 51.2 Å². The SMILES string of the molecule is CCC(C)(C)NCC(C)Oc1ccc2c(c1)CCC2. The Morgan fingerprint density at radius 1 is 1.26 bits per heavy atom. The van der Waals surface area contributed by atoms with Crippen LogP contribution in [0.2, 0.25) is 0 Å². The van der Waals surface area contributed by atoms with Gasteiger partial charge in [-0.3, -0.25) is 0 Å². The molecule has 0 amide bonds. The van der Waals surface area contributed by atoms with Crippen LogP contribution in [-0.4, -0.2) is 18.2 Å². The zero-order valence-electron chi connectivity index (χ0n) is 12.8. The Morgan fingerprint density at radius 2 is 2.00 bits per heavy atom. The molecule has 1 aliphatic rings. The number of ether oxygens (including phenoxy) is 1. The van der Waals surface area contributed by atoms with Gasteiger partial charge in [0.05, 0.1) is 0 Å². The molecular weight excluding hydrogens is 234 g/mol. The lowest BCUT2D eigenvalue weighted by atomic mass is 10.0. The van der Waals surface area contributed by atoms with Gasteiger partial charge in [0.15, 0.2) is 0 Å². The number of benzene rings is 1. The van der Waals surface area contributed by atoms with Crippen LogP contribution in [0.25, 0.3) is 0 Å². The highest BCUT2D eigenvalue weighted by Gasteiger charge is 2.16. The normalized spacial score (nSPS) is 16.2. The lowest BCUT2D eigenvalue weighted by Gasteiger charge is -2.27. The van der Waals surface area contributed by atoms with Gasteiger partial charge in [0.1, 0.15) is 11.9 Å². The second-order valence-corrected chi connectivity index (χ2v) is 6.33. The molecular formula is C17H27NO. The summed E-state index contributed by atoms with van der Waals surface area (Å²) in [5, 5.41) is 3.56. The van der Waals surface area contributed by atoms with Crippen molar-refractivity contribution in [3.05, 3.63) is 29.3 Å². The van der Waals surface area contributed by atoms with Crippen LogP contribution < -0.4 is 10.1 Å². The Balaban J connectivity index is 1.87. The Morgan fingerprint density at radius 3 is 2.74 bits per heavy atom. The second kappa shape index (κ2) is 5.96. The molecule has 0 aromatic heterocycles. The summed E-state index contributed by atoms with van der Waals surface area (Å²) in [6.45, 7) is 9.69. The van der Waals surface area contributed by atoms with Crippen molar-refractivity contribution in [2.24, 2.45) is 0 Å². The molecule has 2 rings (SSSR count). The van der Waals surface area contributed by atoms with E-state index in [4.69, 9.17) is 4.74 Å². The van der Waals surface area contributed by atoms with Crippen molar-refractivity contribution in [1.82, 2.24) is 5.32 Å². The molecule has 19 heavy (non-hydrogen) atoms. The minimum atomic E-state index is 0.190. The van der Waals surface area contributed by atoms with Crippen LogP contribution in [-0.2, 0) is 12.8 Å². The first-order valence-electron chi connectivity index (χ1n) is 7.53. The molecule has 0 spiro atoms. The predicted octanol–water partition coefficient (Wildman–Crippen LogP) is 3.72. The van der Waals surface area contributed by atoms with Crippen LogP contribution in [0.3, 0.4) is 0 Å². The largest absolute Gasteiger partial charge is 0.489 e. The van der Waals surface area contributed by atoms with Crippen LogP contribution >= 0.6 is 0 Å². The monoisotopic (exact) mass is 261 g/mol. The van der Waals surface area contributed by atoms with Gasteiger partial charge in [0, 0.05) is 12.1 Å². The lowest BCUT2D eigenvalue weighted by molar-refractivity contribution is 0.199. The molecule has 1 aromatic rings. The maximum atomic E-state index is 6.02. The van der Waals surface area contributed by atoms with E-state index in [1.54, 1.807) is 0 Å². The maximum absolute atomic E-state index is 6.02. The first-order chi connectivity index (χ1) is 9.00. The van der Waals surface area contributed by atoms with E-state index in [1.807, 2.05) is 0 Å². The van der Waals surface area contributed by atoms with Crippen LogP contribution in [0.1, 0.15) is 51.7 Å². The molecule has 2 heteroatoms. The van der Waals surface area contributed by atoms with Gasteiger partial charge in [-0.05, 0) is 69.7 Å². The number of hydrogen-bond donors (Lipinski definition) is 1. The highest BCUT2D eigenvalue weighted by atomic mass is 16.5. The average Bonchev–Trinajstić information content (AvgIpc) is 2.84. The fourth-order valence-corrected chi connectivity index (χ4v) is 2.44. The molecule has 1 unspecified atom stereocenters. The van der Waals surface area contributed by atoms with E-state index in [0.29, 0.717) is 0 Å². The maximum Gasteiger partial charge on any atom is 0.120 e. The zero-order valence-corrected chi connectivity index (χ0v) is 12.8. The van der Waals surface area contributed by atoms with Gasteiger partial charge < -0.3 is 10.1 Å². The molecule has 1 aromatic carbocycles. The van der Waals surface area contributed by atoms with Crippen molar-refractivity contribution in [2.75, 3.05) is 6.54 Å². The fourth-order valence-electron chi connectivity index (χ4n) is 2.44. The van der Waals surface area contributed by atoms with Gasteiger partial charge in [0.2, 0.25) is 0 Å². The first-order valence-corrected chi connectivity index (χ1v) is 7.53. The molecule has 0 saturated heterocycles. The molecule has 1 atom stereocenters. The molecule has 0 saturated carbocycles. The Bertz CT molecular complexity index is 425. The van der Waals surface area contributed by atoms with Crippen molar-refractivity contribution in [3.63, 3.8) is 0 Å². The Labute approximate surface area is 117 Å². The zero-order chi connectivity index (χ0) is 13.9. The van der Waals surface area contributed by atoms with Gasteiger partial charge in [-0.1, -0.05) is 13.0 Å². The minimum Gasteiger partial charge on any atom is -0.489 e. The number of rotatable bonds is 6. The third kappa shape index (κ3) is 3.97. The molecule has 0 radical (unpaired) electrons. The van der Waals surface area contributed by atoms with E-state index in [0.717, 1.165) is 18.7 Å². The number of hydrogen-bond acceptors (Lipinski definition) is 2. The van der Waals surface area contributed by atoms with E-state index in [1.165, 1.54) is 30.4 Å². The van der Waals surface area contributed by atoms with Crippen LogP contribution in [0.5, 0.6) is 5.75 Å². The third-order valence-electron chi connectivity index (χ3n) is 4.16. The van der Waals surface area contributed by atoms with Crippen molar-refractivity contribution >= 4 is 0 Å². The molecule has 0 fully saturated rings. The molecule has 0 aliphatic heterocycles. The van der Waals surface area contributed by atoms with Crippen molar-refractivity contribution in [3.8, 4) is 5.75 Å². The smallest absolute Gasteiger partial charge is 0.120 e. The lowest BCUT2D eigenvalue weighted by Crippen LogP contribution is -2.43. The first kappa shape index (κ1) is 14.4. The predicted molar refractivity (Wildman–Crippen MR) is 80.9 cm³/mol. The molecule has 0 bridgehead atoms. The average molecular weight is 261 g/mol. The number of aryl methyl sites for hydroxylation is 2. The van der Waals surface area contributed by atoms with E-state index in [-0.39, 0.29) is 11.6 Å². The molecule has 106 valence electrons. The molecule has 1 N–H and O–H groups in total. The van der Waals surface area contributed by atoms with Gasteiger partial charge in [-0.2, -0.15) is 0 Å². The van der Waals surface area contributed by atoms with Crippen LogP contribution in [0, 0.1) is 0 Å². The summed E-state index contributed by atoms with van der Waals surface area (Å²) in [7, 11) is 0. The second-order valence-electron chi connectivity index (χ2n) is 6.33. The summed E-state index contributed by atoms with van der Waals surface area (Å²) < 4.78 is 6.02. The summed E-state index contributed by atoms with van der Waals surface area (Å²) in [5.41, 5.74) is 3.17. The summed E-state index contributed by atoms with van der Waals surface area (Å²) >= 11 is 0. The van der Waals surface area contributed by atoms with E-state index < -0.39 is 0 Å². The summed E-state index contributed by atoms with van der Waals surface area (Å²) in [6, 6.07) is 6.57. The van der Waals surface area contributed by atoms with Crippen molar-refractivity contribution in [1.29, 1.82) is 0 Å². The van der Waals surface area contributed by atoms with Gasteiger partial charge >= 0.3 is 0 Å². The summed E-state index contributed by atoms with van der Waals surface area (Å²) in [6.07, 6.45) is 5.06. The highest BCUT2D eigenvalue weighted by Crippen LogP contribution is 2.26. The standard InChI is InChI=1S/C17H27NO/c1-5-17(3,4)18-12-13(2)19-16-10-9-14-7-6-8-15(14)11-16/h9-11,13,18H,5-8,12H2,1-4H3. The van der Waals surface area contributed by atoms with E-state index in [9.17, 15) is 0 Å². The Hall–Kier alpha value is -1.02. The van der Waals surface area contributed by atoms with Gasteiger partial charge in [-0.25, -0.2) is 0 Å². The van der Waals surface area contributed by atoms with Crippen molar-refractivity contribution in [2.45, 2.75) is 65.0 Å². The molecule has 0 heterocycles. The van der Waals surface area contributed by atoms with Crippen LogP contribution in [0.4, 0.5) is 0 Å². The van der Waals surface area contributed by atoms with Gasteiger partial charge in [0.25, 0.3) is 0 Å². The summed E-state index contributed by atoms with van der Waals surface area (Å²) in [5.74, 6) is 1.02. The topological polar surface area (TPSA) is 21.3 Å². The third-order valence-corrected chi connectivity index (χ3v) is 4.16. The minimum absolute atomic E-state index is 0.190. The Kier molecular flexibility index (Phi) is 4.51. The number of nitrogens with one attached hydrogen (secondary N) is 1. The molecule has 1 aliphatic carbocycles.